The van der Waals surface area contributed by atoms with Crippen molar-refractivity contribution in [2.75, 3.05) is 5.32 Å². The number of hydrogen-bond donors (Lipinski definition) is 2. The van der Waals surface area contributed by atoms with Crippen LogP contribution in [0, 0.1) is 6.92 Å². The molecule has 0 aliphatic heterocycles. The van der Waals surface area contributed by atoms with Gasteiger partial charge in [0, 0.05) is 10.2 Å². The SMILES string of the molecule is Cc1ccc(S(=O)(=O)NC(=O)Nc2ccc(Br)cc2)cc1. The Labute approximate surface area is 131 Å². The monoisotopic (exact) mass is 368 g/mol. The van der Waals surface area contributed by atoms with Crippen molar-refractivity contribution in [2.45, 2.75) is 11.8 Å². The molecule has 0 bridgehead atoms. The molecule has 0 fully saturated rings. The lowest BCUT2D eigenvalue weighted by atomic mass is 10.2. The number of halogens is 1. The van der Waals surface area contributed by atoms with E-state index in [1.54, 1.807) is 36.4 Å². The molecule has 0 atom stereocenters. The van der Waals surface area contributed by atoms with Gasteiger partial charge < -0.3 is 5.32 Å². The molecule has 0 heterocycles. The van der Waals surface area contributed by atoms with Crippen molar-refractivity contribution in [1.29, 1.82) is 0 Å². The molecule has 0 spiro atoms. The highest BCUT2D eigenvalue weighted by Gasteiger charge is 2.17. The molecule has 110 valence electrons. The molecule has 7 heteroatoms. The number of carbonyl (C=O) groups is 1. The molecule has 0 aliphatic rings. The maximum Gasteiger partial charge on any atom is 0.333 e. The van der Waals surface area contributed by atoms with Crippen molar-refractivity contribution in [3.63, 3.8) is 0 Å². The van der Waals surface area contributed by atoms with Crippen LogP contribution in [0.15, 0.2) is 57.9 Å². The minimum atomic E-state index is -3.88. The Kier molecular flexibility index (Phi) is 4.64. The van der Waals surface area contributed by atoms with E-state index in [1.807, 2.05) is 11.6 Å². The second kappa shape index (κ2) is 6.28. The number of benzene rings is 2. The molecular formula is C14H13BrN2O3S. The highest BCUT2D eigenvalue weighted by atomic mass is 79.9. The van der Waals surface area contributed by atoms with E-state index < -0.39 is 16.1 Å². The lowest BCUT2D eigenvalue weighted by Crippen LogP contribution is -2.34. The van der Waals surface area contributed by atoms with Crippen LogP contribution in [0.5, 0.6) is 0 Å². The Balaban J connectivity index is 2.07. The molecule has 0 radical (unpaired) electrons. The normalized spacial score (nSPS) is 11.0. The average molecular weight is 369 g/mol. The van der Waals surface area contributed by atoms with E-state index in [0.29, 0.717) is 5.69 Å². The molecule has 21 heavy (non-hydrogen) atoms. The van der Waals surface area contributed by atoms with Crippen LogP contribution in [0.25, 0.3) is 0 Å². The molecule has 2 aromatic rings. The van der Waals surface area contributed by atoms with Crippen molar-refractivity contribution in [3.8, 4) is 0 Å². The fraction of sp³-hybridized carbons (Fsp3) is 0.0714. The third-order valence-electron chi connectivity index (χ3n) is 2.66. The summed E-state index contributed by atoms with van der Waals surface area (Å²) in [6, 6.07) is 12.2. The highest BCUT2D eigenvalue weighted by molar-refractivity contribution is 9.10. The maximum atomic E-state index is 12.0. The predicted molar refractivity (Wildman–Crippen MR) is 84.7 cm³/mol. The van der Waals surface area contributed by atoms with Crippen LogP contribution in [0.1, 0.15) is 5.56 Å². The molecule has 0 saturated heterocycles. The van der Waals surface area contributed by atoms with Gasteiger partial charge in [-0.2, -0.15) is 0 Å². The van der Waals surface area contributed by atoms with Crippen molar-refractivity contribution in [3.05, 3.63) is 58.6 Å². The maximum absolute atomic E-state index is 12.0. The van der Waals surface area contributed by atoms with Gasteiger partial charge in [-0.15, -0.1) is 0 Å². The van der Waals surface area contributed by atoms with E-state index in [-0.39, 0.29) is 4.90 Å². The molecule has 2 rings (SSSR count). The third kappa shape index (κ3) is 4.30. The van der Waals surface area contributed by atoms with Gasteiger partial charge in [0.25, 0.3) is 10.0 Å². The fourth-order valence-electron chi connectivity index (χ4n) is 1.59. The minimum Gasteiger partial charge on any atom is -0.307 e. The van der Waals surface area contributed by atoms with Gasteiger partial charge in [0.05, 0.1) is 4.90 Å². The number of rotatable bonds is 3. The molecule has 0 saturated carbocycles. The van der Waals surface area contributed by atoms with Crippen LogP contribution in [-0.2, 0) is 10.0 Å². The van der Waals surface area contributed by atoms with Gasteiger partial charge >= 0.3 is 6.03 Å². The van der Waals surface area contributed by atoms with Crippen LogP contribution in [-0.4, -0.2) is 14.4 Å². The molecule has 2 N–H and O–H groups in total. The lowest BCUT2D eigenvalue weighted by Gasteiger charge is -2.09. The zero-order valence-corrected chi connectivity index (χ0v) is 13.5. The van der Waals surface area contributed by atoms with Crippen molar-refractivity contribution < 1.29 is 13.2 Å². The standard InChI is InChI=1S/C14H13BrN2O3S/c1-10-2-8-13(9-3-10)21(19,20)17-14(18)16-12-6-4-11(15)5-7-12/h2-9H,1H3,(H2,16,17,18). The van der Waals surface area contributed by atoms with E-state index in [1.165, 1.54) is 12.1 Å². The highest BCUT2D eigenvalue weighted by Crippen LogP contribution is 2.14. The molecule has 0 unspecified atom stereocenters. The van der Waals surface area contributed by atoms with Crippen LogP contribution < -0.4 is 10.0 Å². The summed E-state index contributed by atoms with van der Waals surface area (Å²) in [4.78, 5) is 11.8. The van der Waals surface area contributed by atoms with Crippen LogP contribution in [0.2, 0.25) is 0 Å². The molecular weight excluding hydrogens is 356 g/mol. The van der Waals surface area contributed by atoms with Gasteiger partial charge in [0.1, 0.15) is 0 Å². The fourth-order valence-corrected chi connectivity index (χ4v) is 2.76. The Bertz CT molecular complexity index is 741. The number of carbonyl (C=O) groups excluding carboxylic acids is 1. The Morgan fingerprint density at radius 2 is 1.57 bits per heavy atom. The van der Waals surface area contributed by atoms with E-state index in [0.717, 1.165) is 10.0 Å². The van der Waals surface area contributed by atoms with Gasteiger partial charge in [-0.1, -0.05) is 33.6 Å². The first-order chi connectivity index (χ1) is 9.87. The minimum absolute atomic E-state index is 0.0408. The summed E-state index contributed by atoms with van der Waals surface area (Å²) in [5.41, 5.74) is 1.43. The van der Waals surface area contributed by atoms with Gasteiger partial charge in [0.2, 0.25) is 0 Å². The zero-order chi connectivity index (χ0) is 15.5. The van der Waals surface area contributed by atoms with Gasteiger partial charge in [-0.3, -0.25) is 0 Å². The molecule has 2 aromatic carbocycles. The summed E-state index contributed by atoms with van der Waals surface area (Å²) in [5.74, 6) is 0. The summed E-state index contributed by atoms with van der Waals surface area (Å²) in [6.45, 7) is 1.85. The third-order valence-corrected chi connectivity index (χ3v) is 4.54. The first-order valence-electron chi connectivity index (χ1n) is 6.03. The van der Waals surface area contributed by atoms with E-state index in [4.69, 9.17) is 0 Å². The summed E-state index contributed by atoms with van der Waals surface area (Å²) < 4.78 is 26.9. The number of amides is 2. The molecule has 5 nitrogen and oxygen atoms in total. The summed E-state index contributed by atoms with van der Waals surface area (Å²) >= 11 is 3.27. The molecule has 2 amide bonds. The first-order valence-corrected chi connectivity index (χ1v) is 8.30. The van der Waals surface area contributed by atoms with Crippen LogP contribution in [0.4, 0.5) is 10.5 Å². The molecule has 0 aliphatic carbocycles. The van der Waals surface area contributed by atoms with E-state index in [9.17, 15) is 13.2 Å². The second-order valence-corrected chi connectivity index (χ2v) is 6.98. The van der Waals surface area contributed by atoms with E-state index in [2.05, 4.69) is 21.2 Å². The predicted octanol–water partition coefficient (Wildman–Crippen LogP) is 3.27. The summed E-state index contributed by atoms with van der Waals surface area (Å²) in [6.07, 6.45) is 0. The number of sulfonamides is 1. The zero-order valence-electron chi connectivity index (χ0n) is 11.1. The number of anilines is 1. The first kappa shape index (κ1) is 15.5. The van der Waals surface area contributed by atoms with Gasteiger partial charge in [-0.05, 0) is 43.3 Å². The van der Waals surface area contributed by atoms with Crippen molar-refractivity contribution >= 4 is 37.7 Å². The molecule has 0 aromatic heterocycles. The largest absolute Gasteiger partial charge is 0.333 e. The van der Waals surface area contributed by atoms with Gasteiger partial charge in [-0.25, -0.2) is 17.9 Å². The number of nitrogens with one attached hydrogen (secondary N) is 2. The van der Waals surface area contributed by atoms with E-state index >= 15 is 0 Å². The lowest BCUT2D eigenvalue weighted by molar-refractivity contribution is 0.256. The number of aryl methyl sites for hydroxylation is 1. The van der Waals surface area contributed by atoms with Gasteiger partial charge in [0.15, 0.2) is 0 Å². The van der Waals surface area contributed by atoms with Crippen molar-refractivity contribution in [2.24, 2.45) is 0 Å². The average Bonchev–Trinajstić information content (AvgIpc) is 2.41. The summed E-state index contributed by atoms with van der Waals surface area (Å²) in [5, 5.41) is 2.46. The smallest absolute Gasteiger partial charge is 0.307 e. The second-order valence-electron chi connectivity index (χ2n) is 4.38. The summed E-state index contributed by atoms with van der Waals surface area (Å²) in [7, 11) is -3.88. The van der Waals surface area contributed by atoms with Crippen LogP contribution in [0.3, 0.4) is 0 Å². The quantitative estimate of drug-likeness (QED) is 0.872. The van der Waals surface area contributed by atoms with Crippen molar-refractivity contribution in [1.82, 2.24) is 4.72 Å². The number of urea groups is 1. The van der Waals surface area contributed by atoms with Crippen LogP contribution >= 0.6 is 15.9 Å². The Hall–Kier alpha value is -1.86. The topological polar surface area (TPSA) is 75.3 Å². The Morgan fingerprint density at radius 1 is 1.00 bits per heavy atom. The Morgan fingerprint density at radius 3 is 2.14 bits per heavy atom. The number of hydrogen-bond acceptors (Lipinski definition) is 3.